The van der Waals surface area contributed by atoms with Crippen LogP contribution >= 0.6 is 11.6 Å². The summed E-state index contributed by atoms with van der Waals surface area (Å²) in [5.41, 5.74) is 2.84. The lowest BCUT2D eigenvalue weighted by Gasteiger charge is -2.32. The number of halogens is 2. The number of pyridine rings is 1. The summed E-state index contributed by atoms with van der Waals surface area (Å²) in [4.78, 5) is 16.1. The number of nitrogens with one attached hydrogen (secondary N) is 2. The largest absolute Gasteiger partial charge is 0.351 e. The molecule has 1 fully saturated rings. The van der Waals surface area contributed by atoms with Crippen molar-refractivity contribution < 1.29 is 12.8 Å². The Morgan fingerprint density at radius 3 is 2.50 bits per heavy atom. The molecule has 42 heavy (non-hydrogen) atoms. The van der Waals surface area contributed by atoms with E-state index < -0.39 is 15.8 Å². The van der Waals surface area contributed by atoms with Crippen molar-refractivity contribution in [1.29, 1.82) is 0 Å². The highest BCUT2D eigenvalue weighted by atomic mass is 35.5. The fraction of sp³-hybridized carbons (Fsp3) is 0.300. The first-order valence-corrected chi connectivity index (χ1v) is 15.6. The Morgan fingerprint density at radius 2 is 1.79 bits per heavy atom. The smallest absolute Gasteiger partial charge is 0.261 e. The van der Waals surface area contributed by atoms with Gasteiger partial charge in [-0.2, -0.15) is 4.98 Å². The van der Waals surface area contributed by atoms with E-state index in [0.29, 0.717) is 39.9 Å². The van der Waals surface area contributed by atoms with Crippen LogP contribution in [0.4, 0.5) is 16.0 Å². The highest BCUT2D eigenvalue weighted by Gasteiger charge is 2.23. The third-order valence-electron chi connectivity index (χ3n) is 7.93. The molecule has 1 saturated carbocycles. The van der Waals surface area contributed by atoms with Crippen molar-refractivity contribution in [2.45, 2.75) is 49.6 Å². The van der Waals surface area contributed by atoms with Crippen molar-refractivity contribution in [3.05, 3.63) is 77.5 Å². The minimum Gasteiger partial charge on any atom is -0.351 e. The Morgan fingerprint density at radius 1 is 1.00 bits per heavy atom. The molecule has 0 amide bonds. The summed E-state index contributed by atoms with van der Waals surface area (Å²) in [6.07, 6.45) is 9.50. The van der Waals surface area contributed by atoms with E-state index in [0.717, 1.165) is 42.7 Å². The van der Waals surface area contributed by atoms with Crippen LogP contribution < -0.4 is 10.0 Å². The normalized spacial score (nSPS) is 17.7. The van der Waals surface area contributed by atoms with Gasteiger partial charge in [-0.15, -0.1) is 0 Å². The highest BCUT2D eigenvalue weighted by molar-refractivity contribution is 7.92. The number of benzene rings is 2. The molecule has 9 nitrogen and oxygen atoms in total. The summed E-state index contributed by atoms with van der Waals surface area (Å²) >= 11 is 6.11. The molecule has 0 atom stereocenters. The number of nitrogens with zero attached hydrogens (tertiary/aromatic N) is 5. The average Bonchev–Trinajstić information content (AvgIpc) is 3.45. The molecule has 6 rings (SSSR count). The van der Waals surface area contributed by atoms with Gasteiger partial charge < -0.3 is 10.2 Å². The van der Waals surface area contributed by atoms with E-state index >= 15 is 4.39 Å². The van der Waals surface area contributed by atoms with Gasteiger partial charge in [0, 0.05) is 52.2 Å². The standard InChI is InChI=1S/C30H31ClFN7O2S/c1-18-4-10-23(16-26(18)31)42(40,41)37-21-7-11-24(27(32)15-21)25-14-19-17-34-30(36-28(19)39-13-12-33-29(25)39)35-20-5-8-22(9-6-20)38(2)3/h4,7,10-17,20,22,37H,5-6,8-9H2,1-3H3,(H,34,35,36). The van der Waals surface area contributed by atoms with Crippen molar-refractivity contribution in [3.8, 4) is 11.1 Å². The predicted molar refractivity (Wildman–Crippen MR) is 164 cm³/mol. The maximum absolute atomic E-state index is 15.5. The molecule has 3 heterocycles. The Hall–Kier alpha value is -3.80. The minimum atomic E-state index is -3.97. The quantitative estimate of drug-likeness (QED) is 0.229. The van der Waals surface area contributed by atoms with Crippen LogP contribution in [0.15, 0.2) is 66.0 Å². The number of hydrogen-bond donors (Lipinski definition) is 2. The Balaban J connectivity index is 1.28. The first-order chi connectivity index (χ1) is 20.1. The van der Waals surface area contributed by atoms with Gasteiger partial charge in [0.15, 0.2) is 5.65 Å². The second-order valence-electron chi connectivity index (χ2n) is 11.0. The number of anilines is 2. The summed E-state index contributed by atoms with van der Waals surface area (Å²) in [7, 11) is 0.286. The monoisotopic (exact) mass is 607 g/mol. The first-order valence-electron chi connectivity index (χ1n) is 13.7. The summed E-state index contributed by atoms with van der Waals surface area (Å²) in [6.45, 7) is 1.78. The van der Waals surface area contributed by atoms with E-state index in [-0.39, 0.29) is 16.1 Å². The van der Waals surface area contributed by atoms with Crippen molar-refractivity contribution in [3.63, 3.8) is 0 Å². The number of rotatable bonds is 7. The van der Waals surface area contributed by atoms with Crippen molar-refractivity contribution in [2.75, 3.05) is 24.1 Å². The molecule has 2 N–H and O–H groups in total. The van der Waals surface area contributed by atoms with Gasteiger partial charge in [-0.3, -0.25) is 9.12 Å². The van der Waals surface area contributed by atoms with Crippen LogP contribution in [0, 0.1) is 12.7 Å². The Labute approximate surface area is 248 Å². The van der Waals surface area contributed by atoms with Gasteiger partial charge in [0.25, 0.3) is 10.0 Å². The lowest BCUT2D eigenvalue weighted by atomic mass is 9.91. The molecule has 3 aromatic heterocycles. The molecular formula is C30H31ClFN7O2S. The zero-order valence-corrected chi connectivity index (χ0v) is 25.0. The van der Waals surface area contributed by atoms with E-state index in [1.54, 1.807) is 37.6 Å². The molecule has 2 aromatic carbocycles. The maximum Gasteiger partial charge on any atom is 0.261 e. The minimum absolute atomic E-state index is 0.00804. The van der Waals surface area contributed by atoms with Gasteiger partial charge in [0.05, 0.1) is 10.6 Å². The van der Waals surface area contributed by atoms with Gasteiger partial charge in [-0.1, -0.05) is 17.7 Å². The summed E-state index contributed by atoms with van der Waals surface area (Å²) in [5.74, 6) is -0.0508. The van der Waals surface area contributed by atoms with Crippen LogP contribution in [-0.2, 0) is 10.0 Å². The predicted octanol–water partition coefficient (Wildman–Crippen LogP) is 6.13. The van der Waals surface area contributed by atoms with E-state index in [4.69, 9.17) is 16.6 Å². The molecule has 0 aliphatic heterocycles. The molecule has 0 saturated heterocycles. The average molecular weight is 608 g/mol. The topological polar surface area (TPSA) is 105 Å². The summed E-state index contributed by atoms with van der Waals surface area (Å²) in [6, 6.07) is 11.4. The third kappa shape index (κ3) is 5.51. The molecule has 1 aliphatic rings. The Bertz CT molecular complexity index is 1900. The molecule has 0 unspecified atom stereocenters. The molecule has 1 aliphatic carbocycles. The lowest BCUT2D eigenvalue weighted by Crippen LogP contribution is -2.36. The third-order valence-corrected chi connectivity index (χ3v) is 9.72. The van der Waals surface area contributed by atoms with Crippen LogP contribution in [0.3, 0.4) is 0 Å². The van der Waals surface area contributed by atoms with E-state index in [1.807, 2.05) is 4.40 Å². The molecule has 12 heteroatoms. The fourth-order valence-corrected chi connectivity index (χ4v) is 6.83. The SMILES string of the molecule is Cc1ccc(S(=O)(=O)Nc2ccc(-c3cc4cnc(NC5CCC(N(C)C)CC5)nc4n4ccnc34)c(F)c2)cc1Cl. The van der Waals surface area contributed by atoms with Crippen LogP contribution in [0.25, 0.3) is 27.8 Å². The maximum atomic E-state index is 15.5. The molecule has 0 bridgehead atoms. The van der Waals surface area contributed by atoms with Gasteiger partial charge in [0.2, 0.25) is 5.95 Å². The van der Waals surface area contributed by atoms with E-state index in [9.17, 15) is 8.42 Å². The van der Waals surface area contributed by atoms with Crippen LogP contribution in [-0.4, -0.2) is 58.8 Å². The molecule has 218 valence electrons. The number of aryl methyl sites for hydroxylation is 1. The molecular weight excluding hydrogens is 577 g/mol. The van der Waals surface area contributed by atoms with Crippen molar-refractivity contribution in [1.82, 2.24) is 24.3 Å². The van der Waals surface area contributed by atoms with Gasteiger partial charge in [-0.05, 0) is 88.7 Å². The fourth-order valence-electron chi connectivity index (χ4n) is 5.51. The summed E-state index contributed by atoms with van der Waals surface area (Å²) in [5, 5.41) is 4.54. The lowest BCUT2D eigenvalue weighted by molar-refractivity contribution is 0.221. The first kappa shape index (κ1) is 28.3. The van der Waals surface area contributed by atoms with Crippen molar-refractivity contribution >= 4 is 49.9 Å². The van der Waals surface area contributed by atoms with Crippen LogP contribution in [0.1, 0.15) is 31.2 Å². The number of sulfonamides is 1. The van der Waals surface area contributed by atoms with E-state index in [2.05, 4.69) is 39.0 Å². The van der Waals surface area contributed by atoms with Crippen LogP contribution in [0.5, 0.6) is 0 Å². The highest BCUT2D eigenvalue weighted by Crippen LogP contribution is 2.33. The molecule has 0 radical (unpaired) electrons. The van der Waals surface area contributed by atoms with Gasteiger partial charge >= 0.3 is 0 Å². The second kappa shape index (κ2) is 11.1. The van der Waals surface area contributed by atoms with Crippen LogP contribution in [0.2, 0.25) is 5.02 Å². The number of fused-ring (bicyclic) bond motifs is 3. The number of aromatic nitrogens is 4. The van der Waals surface area contributed by atoms with Gasteiger partial charge in [-0.25, -0.2) is 22.8 Å². The molecule has 0 spiro atoms. The molecule has 5 aromatic rings. The second-order valence-corrected chi connectivity index (χ2v) is 13.1. The zero-order valence-electron chi connectivity index (χ0n) is 23.5. The number of imidazole rings is 1. The van der Waals surface area contributed by atoms with Crippen molar-refractivity contribution in [2.24, 2.45) is 0 Å². The zero-order chi connectivity index (χ0) is 29.6. The number of hydrogen-bond acceptors (Lipinski definition) is 7. The van der Waals surface area contributed by atoms with Gasteiger partial charge in [0.1, 0.15) is 11.5 Å². The summed E-state index contributed by atoms with van der Waals surface area (Å²) < 4.78 is 45.6. The Kier molecular flexibility index (Phi) is 7.50. The van der Waals surface area contributed by atoms with E-state index in [1.165, 1.54) is 24.3 Å².